The maximum atomic E-state index is 13.1. The Balaban J connectivity index is 1.32. The van der Waals surface area contributed by atoms with Gasteiger partial charge in [-0.25, -0.2) is 0 Å². The Bertz CT molecular complexity index is 1460. The van der Waals surface area contributed by atoms with Gasteiger partial charge in [0.05, 0.1) is 20.4 Å². The van der Waals surface area contributed by atoms with Gasteiger partial charge in [0, 0.05) is 26.7 Å². The summed E-state index contributed by atoms with van der Waals surface area (Å²) in [5.74, 6) is 1.21. The van der Waals surface area contributed by atoms with Crippen molar-refractivity contribution in [1.82, 2.24) is 4.90 Å². The molecule has 5 rings (SSSR count). The molecule has 1 saturated heterocycles. The first-order valence-corrected chi connectivity index (χ1v) is 14.1. The summed E-state index contributed by atoms with van der Waals surface area (Å²) in [4.78, 5) is 27.2. The molecule has 3 aromatic rings. The van der Waals surface area contributed by atoms with Crippen molar-refractivity contribution in [3.05, 3.63) is 88.1 Å². The second kappa shape index (κ2) is 11.1. The first kappa shape index (κ1) is 26.7. The zero-order valence-corrected chi connectivity index (χ0v) is 24.8. The Morgan fingerprint density at radius 3 is 2.32 bits per heavy atom. The van der Waals surface area contributed by atoms with Gasteiger partial charge in [0.1, 0.15) is 12.4 Å². The van der Waals surface area contributed by atoms with Gasteiger partial charge in [-0.05, 0) is 91.2 Å². The highest BCUT2D eigenvalue weighted by molar-refractivity contribution is 9.11. The van der Waals surface area contributed by atoms with E-state index in [0.717, 1.165) is 22.2 Å². The third kappa shape index (κ3) is 5.77. The highest BCUT2D eigenvalue weighted by atomic mass is 79.9. The third-order valence-electron chi connectivity index (χ3n) is 5.45. The Labute approximate surface area is 248 Å². The van der Waals surface area contributed by atoms with Crippen LogP contribution < -0.4 is 14.2 Å². The standard InChI is InChI=1S/C25H14Br2Cl3NO5S/c26-16-3-12(4-17(27)23(16)34-10-13-1-2-15(28)7-18(13)29)5-22-24(32)31(25(33)37-22)9-14-6-20-21(8-19(14)30)36-11-35-20/h1-8H,9-11H2/b22-5+. The normalized spacial score (nSPS) is 15.7. The fourth-order valence-electron chi connectivity index (χ4n) is 3.63. The number of nitrogens with zero attached hydrogens (tertiary/aromatic N) is 1. The van der Waals surface area contributed by atoms with E-state index in [-0.39, 0.29) is 25.2 Å². The molecule has 12 heteroatoms. The molecule has 0 aliphatic carbocycles. The Morgan fingerprint density at radius 2 is 1.62 bits per heavy atom. The van der Waals surface area contributed by atoms with Crippen LogP contribution in [0.3, 0.4) is 0 Å². The van der Waals surface area contributed by atoms with Crippen molar-refractivity contribution in [2.45, 2.75) is 13.2 Å². The second-order valence-corrected chi connectivity index (χ2v) is 11.9. The van der Waals surface area contributed by atoms with Crippen LogP contribution in [0.2, 0.25) is 15.1 Å². The number of carbonyl (C=O) groups excluding carboxylic acids is 2. The van der Waals surface area contributed by atoms with Crippen LogP contribution >= 0.6 is 78.4 Å². The first-order chi connectivity index (χ1) is 17.7. The summed E-state index contributed by atoms with van der Waals surface area (Å²) in [7, 11) is 0. The maximum Gasteiger partial charge on any atom is 0.293 e. The summed E-state index contributed by atoms with van der Waals surface area (Å²) in [6.07, 6.45) is 1.65. The highest BCUT2D eigenvalue weighted by Crippen LogP contribution is 2.41. The van der Waals surface area contributed by atoms with E-state index in [4.69, 9.17) is 49.0 Å². The number of imide groups is 1. The second-order valence-electron chi connectivity index (χ2n) is 7.90. The van der Waals surface area contributed by atoms with Crippen LogP contribution in [0.4, 0.5) is 4.79 Å². The van der Waals surface area contributed by atoms with Gasteiger partial charge in [0.15, 0.2) is 11.5 Å². The molecule has 0 unspecified atom stereocenters. The van der Waals surface area contributed by atoms with Crippen LogP contribution in [0.15, 0.2) is 56.3 Å². The predicted molar refractivity (Wildman–Crippen MR) is 152 cm³/mol. The molecule has 0 aromatic heterocycles. The molecule has 190 valence electrons. The van der Waals surface area contributed by atoms with Crippen molar-refractivity contribution in [2.24, 2.45) is 0 Å². The lowest BCUT2D eigenvalue weighted by Crippen LogP contribution is -2.27. The average molecular weight is 707 g/mol. The Kier molecular flexibility index (Phi) is 8.00. The van der Waals surface area contributed by atoms with Crippen molar-refractivity contribution in [3.63, 3.8) is 0 Å². The van der Waals surface area contributed by atoms with Gasteiger partial charge in [-0.15, -0.1) is 0 Å². The van der Waals surface area contributed by atoms with E-state index in [9.17, 15) is 9.59 Å². The van der Waals surface area contributed by atoms with E-state index < -0.39 is 5.91 Å². The Hall–Kier alpha value is -1.88. The third-order valence-corrected chi connectivity index (χ3v) is 8.47. The molecule has 6 nitrogen and oxygen atoms in total. The fraction of sp³-hybridized carbons (Fsp3) is 0.120. The van der Waals surface area contributed by atoms with Gasteiger partial charge in [0.25, 0.3) is 11.1 Å². The summed E-state index contributed by atoms with van der Waals surface area (Å²) in [5, 5.41) is 1.05. The molecule has 0 spiro atoms. The predicted octanol–water partition coefficient (Wildman–Crippen LogP) is 8.72. The molecule has 0 atom stereocenters. The minimum Gasteiger partial charge on any atom is -0.486 e. The summed E-state index contributed by atoms with van der Waals surface area (Å²) < 4.78 is 18.0. The van der Waals surface area contributed by atoms with Crippen LogP contribution in [0.5, 0.6) is 17.2 Å². The SMILES string of the molecule is O=C1S/C(=C/c2cc(Br)c(OCc3ccc(Cl)cc3Cl)c(Br)c2)C(=O)N1Cc1cc2c(cc1Cl)OCO2. The van der Waals surface area contributed by atoms with Crippen LogP contribution in [0.25, 0.3) is 6.08 Å². The molecule has 2 heterocycles. The van der Waals surface area contributed by atoms with Gasteiger partial charge in [-0.3, -0.25) is 14.5 Å². The van der Waals surface area contributed by atoms with Crippen LogP contribution in [-0.2, 0) is 17.9 Å². The number of ether oxygens (including phenoxy) is 3. The van der Waals surface area contributed by atoms with Gasteiger partial charge in [0.2, 0.25) is 6.79 Å². The number of halogens is 5. The quantitative estimate of drug-likeness (QED) is 0.239. The number of benzene rings is 3. The van der Waals surface area contributed by atoms with E-state index in [1.165, 1.54) is 0 Å². The molecule has 1 fully saturated rings. The minimum absolute atomic E-state index is 0.0188. The number of hydrogen-bond donors (Lipinski definition) is 0. The van der Waals surface area contributed by atoms with Gasteiger partial charge in [-0.2, -0.15) is 0 Å². The molecule has 0 bridgehead atoms. The average Bonchev–Trinajstić information content (AvgIpc) is 3.39. The number of amides is 2. The monoisotopic (exact) mass is 703 g/mol. The minimum atomic E-state index is -0.409. The topological polar surface area (TPSA) is 65.1 Å². The number of thioether (sulfide) groups is 1. The number of fused-ring (bicyclic) bond motifs is 1. The number of carbonyl (C=O) groups is 2. The summed E-state index contributed by atoms with van der Waals surface area (Å²) in [6, 6.07) is 12.1. The molecule has 37 heavy (non-hydrogen) atoms. The zero-order chi connectivity index (χ0) is 26.3. The fourth-order valence-corrected chi connectivity index (χ4v) is 6.59. The van der Waals surface area contributed by atoms with Gasteiger partial charge < -0.3 is 14.2 Å². The van der Waals surface area contributed by atoms with Crippen molar-refractivity contribution in [2.75, 3.05) is 6.79 Å². The largest absolute Gasteiger partial charge is 0.486 e. The zero-order valence-electron chi connectivity index (χ0n) is 18.5. The molecular formula is C25H14Br2Cl3NO5S. The molecule has 0 saturated carbocycles. The van der Waals surface area contributed by atoms with Crippen LogP contribution in [0.1, 0.15) is 16.7 Å². The van der Waals surface area contributed by atoms with E-state index in [2.05, 4.69) is 31.9 Å². The number of rotatable bonds is 6. The van der Waals surface area contributed by atoms with E-state index >= 15 is 0 Å². The molecule has 0 radical (unpaired) electrons. The van der Waals surface area contributed by atoms with E-state index in [1.54, 1.807) is 48.5 Å². The van der Waals surface area contributed by atoms with Crippen molar-refractivity contribution >= 4 is 95.6 Å². The lowest BCUT2D eigenvalue weighted by molar-refractivity contribution is -0.123. The van der Waals surface area contributed by atoms with Crippen LogP contribution in [0, 0.1) is 0 Å². The molecule has 2 aliphatic heterocycles. The molecule has 2 aliphatic rings. The van der Waals surface area contributed by atoms with Gasteiger partial charge >= 0.3 is 0 Å². The summed E-state index contributed by atoms with van der Waals surface area (Å²) in [6.45, 7) is 0.349. The molecule has 2 amide bonds. The molecule has 0 N–H and O–H groups in total. The van der Waals surface area contributed by atoms with E-state index in [0.29, 0.717) is 57.3 Å². The molecule has 3 aromatic carbocycles. The van der Waals surface area contributed by atoms with Gasteiger partial charge in [-0.1, -0.05) is 40.9 Å². The van der Waals surface area contributed by atoms with Crippen molar-refractivity contribution in [1.29, 1.82) is 0 Å². The highest BCUT2D eigenvalue weighted by Gasteiger charge is 2.36. The van der Waals surface area contributed by atoms with E-state index in [1.807, 2.05) is 0 Å². The van der Waals surface area contributed by atoms with Crippen molar-refractivity contribution in [3.8, 4) is 17.2 Å². The number of hydrogen-bond acceptors (Lipinski definition) is 6. The smallest absolute Gasteiger partial charge is 0.293 e. The van der Waals surface area contributed by atoms with Crippen LogP contribution in [-0.4, -0.2) is 22.8 Å². The first-order valence-electron chi connectivity index (χ1n) is 10.6. The Morgan fingerprint density at radius 1 is 0.946 bits per heavy atom. The lowest BCUT2D eigenvalue weighted by Gasteiger charge is -2.14. The molecular weight excluding hydrogens is 693 g/mol. The van der Waals surface area contributed by atoms with Crippen molar-refractivity contribution < 1.29 is 23.8 Å². The maximum absolute atomic E-state index is 13.1. The summed E-state index contributed by atoms with van der Waals surface area (Å²) >= 11 is 26.4. The summed E-state index contributed by atoms with van der Waals surface area (Å²) in [5.41, 5.74) is 2.06. The lowest BCUT2D eigenvalue weighted by atomic mass is 10.1.